The zero-order chi connectivity index (χ0) is 13.8. The average molecular weight is 266 g/mol. The largest absolute Gasteiger partial charge is 0.330 e. The highest BCUT2D eigenvalue weighted by Crippen LogP contribution is 2.36. The lowest BCUT2D eigenvalue weighted by atomic mass is 9.78. The molecule has 2 N–H and O–H groups in total. The van der Waals surface area contributed by atoms with Crippen molar-refractivity contribution in [1.82, 2.24) is 4.90 Å². The van der Waals surface area contributed by atoms with Crippen LogP contribution in [0, 0.1) is 17.8 Å². The molecule has 0 saturated heterocycles. The molecule has 2 rings (SSSR count). The molecule has 0 aromatic heterocycles. The van der Waals surface area contributed by atoms with Crippen LogP contribution in [0.1, 0.15) is 65.7 Å². The highest BCUT2D eigenvalue weighted by molar-refractivity contribution is 4.90. The molecular weight excluding hydrogens is 232 g/mol. The molecule has 2 fully saturated rings. The van der Waals surface area contributed by atoms with E-state index >= 15 is 0 Å². The summed E-state index contributed by atoms with van der Waals surface area (Å²) in [5, 5.41) is 0. The number of nitrogens with zero attached hydrogens (tertiary/aromatic N) is 1. The molecule has 112 valence electrons. The smallest absolute Gasteiger partial charge is 0.0138 e. The molecule has 0 amide bonds. The van der Waals surface area contributed by atoms with Crippen molar-refractivity contribution in [3.8, 4) is 0 Å². The number of hydrogen-bond donors (Lipinski definition) is 1. The van der Waals surface area contributed by atoms with Crippen molar-refractivity contribution in [2.24, 2.45) is 23.5 Å². The van der Waals surface area contributed by atoms with E-state index in [1.54, 1.807) is 0 Å². The standard InChI is InChI=1S/C17H34N2/c1-4-19(17-7-5-6-15(17)12-18)16-10-8-14(9-11-16)13(2)3/h13-17H,4-12,18H2,1-3H3. The van der Waals surface area contributed by atoms with Crippen LogP contribution in [0.4, 0.5) is 0 Å². The zero-order valence-corrected chi connectivity index (χ0v) is 13.3. The fraction of sp³-hybridized carbons (Fsp3) is 1.00. The topological polar surface area (TPSA) is 29.3 Å². The van der Waals surface area contributed by atoms with E-state index in [9.17, 15) is 0 Å². The van der Waals surface area contributed by atoms with Crippen LogP contribution in [0.25, 0.3) is 0 Å². The van der Waals surface area contributed by atoms with E-state index in [0.29, 0.717) is 0 Å². The first-order chi connectivity index (χ1) is 9.17. The van der Waals surface area contributed by atoms with Crippen LogP contribution in [0.5, 0.6) is 0 Å². The maximum absolute atomic E-state index is 5.98. The van der Waals surface area contributed by atoms with Crippen molar-refractivity contribution in [1.29, 1.82) is 0 Å². The van der Waals surface area contributed by atoms with E-state index in [2.05, 4.69) is 25.7 Å². The molecule has 0 aromatic rings. The summed E-state index contributed by atoms with van der Waals surface area (Å²) in [4.78, 5) is 2.82. The summed E-state index contributed by atoms with van der Waals surface area (Å²) in [6, 6.07) is 1.63. The highest BCUT2D eigenvalue weighted by Gasteiger charge is 2.35. The molecule has 2 heteroatoms. The van der Waals surface area contributed by atoms with Crippen LogP contribution >= 0.6 is 0 Å². The molecule has 0 spiro atoms. The molecule has 2 aliphatic rings. The maximum atomic E-state index is 5.98. The van der Waals surface area contributed by atoms with E-state index in [0.717, 1.165) is 36.4 Å². The minimum atomic E-state index is 0.766. The van der Waals surface area contributed by atoms with Crippen LogP contribution in [0.2, 0.25) is 0 Å². The molecular formula is C17H34N2. The Morgan fingerprint density at radius 3 is 2.26 bits per heavy atom. The van der Waals surface area contributed by atoms with Gasteiger partial charge in [0.15, 0.2) is 0 Å². The second-order valence-corrected chi connectivity index (χ2v) is 7.14. The first kappa shape index (κ1) is 15.3. The lowest BCUT2D eigenvalue weighted by Gasteiger charge is -2.42. The van der Waals surface area contributed by atoms with Crippen LogP contribution in [0.3, 0.4) is 0 Å². The van der Waals surface area contributed by atoms with E-state index in [-0.39, 0.29) is 0 Å². The summed E-state index contributed by atoms with van der Waals surface area (Å²) in [5.41, 5.74) is 5.98. The lowest BCUT2D eigenvalue weighted by Crippen LogP contribution is -2.47. The van der Waals surface area contributed by atoms with Gasteiger partial charge in [0.05, 0.1) is 0 Å². The van der Waals surface area contributed by atoms with Crippen molar-refractivity contribution in [2.45, 2.75) is 77.8 Å². The predicted molar refractivity (Wildman–Crippen MR) is 83.1 cm³/mol. The minimum absolute atomic E-state index is 0.766. The Bertz CT molecular complexity index is 256. The third-order valence-electron chi connectivity index (χ3n) is 5.87. The maximum Gasteiger partial charge on any atom is 0.0138 e. The highest BCUT2D eigenvalue weighted by atomic mass is 15.2. The van der Waals surface area contributed by atoms with Gasteiger partial charge >= 0.3 is 0 Å². The molecule has 0 aliphatic heterocycles. The normalized spacial score (nSPS) is 36.3. The van der Waals surface area contributed by atoms with Gasteiger partial charge in [-0.3, -0.25) is 4.90 Å². The van der Waals surface area contributed by atoms with Crippen molar-refractivity contribution in [3.63, 3.8) is 0 Å². The summed E-state index contributed by atoms with van der Waals surface area (Å²) >= 11 is 0. The van der Waals surface area contributed by atoms with Gasteiger partial charge in [0.1, 0.15) is 0 Å². The van der Waals surface area contributed by atoms with Gasteiger partial charge in [-0.25, -0.2) is 0 Å². The quantitative estimate of drug-likeness (QED) is 0.823. The Morgan fingerprint density at radius 1 is 1.05 bits per heavy atom. The van der Waals surface area contributed by atoms with Gasteiger partial charge < -0.3 is 5.73 Å². The number of nitrogens with two attached hydrogens (primary N) is 1. The molecule has 0 radical (unpaired) electrons. The van der Waals surface area contributed by atoms with Gasteiger partial charge in [-0.2, -0.15) is 0 Å². The summed E-state index contributed by atoms with van der Waals surface area (Å²) < 4.78 is 0. The summed E-state index contributed by atoms with van der Waals surface area (Å²) in [6.07, 6.45) is 9.87. The second-order valence-electron chi connectivity index (χ2n) is 7.14. The Morgan fingerprint density at radius 2 is 1.74 bits per heavy atom. The monoisotopic (exact) mass is 266 g/mol. The molecule has 2 atom stereocenters. The van der Waals surface area contributed by atoms with Gasteiger partial charge in [-0.15, -0.1) is 0 Å². The molecule has 0 aromatic carbocycles. The third-order valence-corrected chi connectivity index (χ3v) is 5.87. The van der Waals surface area contributed by atoms with Crippen molar-refractivity contribution < 1.29 is 0 Å². The van der Waals surface area contributed by atoms with Crippen molar-refractivity contribution >= 4 is 0 Å². The van der Waals surface area contributed by atoms with Crippen LogP contribution < -0.4 is 5.73 Å². The molecule has 2 nitrogen and oxygen atoms in total. The van der Waals surface area contributed by atoms with Gasteiger partial charge in [0, 0.05) is 12.1 Å². The van der Waals surface area contributed by atoms with Gasteiger partial charge in [0.25, 0.3) is 0 Å². The zero-order valence-electron chi connectivity index (χ0n) is 13.3. The summed E-state index contributed by atoms with van der Waals surface area (Å²) in [5.74, 6) is 2.62. The Kier molecular flexibility index (Phi) is 5.70. The Balaban J connectivity index is 1.92. The SMILES string of the molecule is CCN(C1CCC(C(C)C)CC1)C1CCCC1CN. The van der Waals surface area contributed by atoms with Crippen LogP contribution in [0.15, 0.2) is 0 Å². The van der Waals surface area contributed by atoms with Crippen molar-refractivity contribution in [2.75, 3.05) is 13.1 Å². The van der Waals surface area contributed by atoms with Crippen LogP contribution in [-0.4, -0.2) is 30.1 Å². The molecule has 2 unspecified atom stereocenters. The van der Waals surface area contributed by atoms with E-state index in [4.69, 9.17) is 5.73 Å². The van der Waals surface area contributed by atoms with Gasteiger partial charge in [0.2, 0.25) is 0 Å². The minimum Gasteiger partial charge on any atom is -0.330 e. The Hall–Kier alpha value is -0.0800. The predicted octanol–water partition coefficient (Wildman–Crippen LogP) is 3.65. The van der Waals surface area contributed by atoms with Gasteiger partial charge in [-0.05, 0) is 69.4 Å². The third kappa shape index (κ3) is 3.52. The fourth-order valence-corrected chi connectivity index (χ4v) is 4.59. The van der Waals surface area contributed by atoms with Crippen LogP contribution in [-0.2, 0) is 0 Å². The first-order valence-electron chi connectivity index (χ1n) is 8.63. The number of rotatable bonds is 5. The molecule has 19 heavy (non-hydrogen) atoms. The first-order valence-corrected chi connectivity index (χ1v) is 8.63. The molecule has 0 bridgehead atoms. The number of hydrogen-bond acceptors (Lipinski definition) is 2. The summed E-state index contributed by atoms with van der Waals surface area (Å²) in [7, 11) is 0. The Labute approximate surface area is 120 Å². The second kappa shape index (κ2) is 7.08. The van der Waals surface area contributed by atoms with Gasteiger partial charge in [-0.1, -0.05) is 27.2 Å². The van der Waals surface area contributed by atoms with E-state index in [1.165, 1.54) is 51.5 Å². The van der Waals surface area contributed by atoms with E-state index in [1.807, 2.05) is 0 Å². The fourth-order valence-electron chi connectivity index (χ4n) is 4.59. The molecule has 2 saturated carbocycles. The summed E-state index contributed by atoms with van der Waals surface area (Å²) in [6.45, 7) is 9.25. The van der Waals surface area contributed by atoms with E-state index < -0.39 is 0 Å². The lowest BCUT2D eigenvalue weighted by molar-refractivity contribution is 0.0714. The average Bonchev–Trinajstić information content (AvgIpc) is 2.88. The molecule has 0 heterocycles. The van der Waals surface area contributed by atoms with Crippen molar-refractivity contribution in [3.05, 3.63) is 0 Å². The molecule has 2 aliphatic carbocycles.